The van der Waals surface area contributed by atoms with Crippen LogP contribution in [0.25, 0.3) is 0 Å². The van der Waals surface area contributed by atoms with Gasteiger partial charge in [-0.15, -0.1) is 24.0 Å². The molecular weight excluding hydrogens is 523 g/mol. The fourth-order valence-electron chi connectivity index (χ4n) is 3.91. The molecule has 1 aromatic carbocycles. The first-order valence-electron chi connectivity index (χ1n) is 11.1. The summed E-state index contributed by atoms with van der Waals surface area (Å²) in [7, 11) is 6.75. The Labute approximate surface area is 210 Å². The van der Waals surface area contributed by atoms with E-state index in [0.717, 1.165) is 68.7 Å². The molecular formula is C23H41IN4O4. The van der Waals surface area contributed by atoms with Gasteiger partial charge in [0.15, 0.2) is 5.96 Å². The number of methoxy groups -OCH3 is 3. The lowest BCUT2D eigenvalue weighted by Crippen LogP contribution is -2.51. The van der Waals surface area contributed by atoms with E-state index < -0.39 is 0 Å². The Balaban J connectivity index is 0.00000512. The quantitative estimate of drug-likeness (QED) is 0.243. The third-order valence-electron chi connectivity index (χ3n) is 5.52. The number of halogens is 1. The van der Waals surface area contributed by atoms with E-state index in [2.05, 4.69) is 34.4 Å². The summed E-state index contributed by atoms with van der Waals surface area (Å²) in [6.07, 6.45) is 1.88. The van der Waals surface area contributed by atoms with Crippen molar-refractivity contribution in [3.8, 4) is 17.2 Å². The van der Waals surface area contributed by atoms with Gasteiger partial charge in [-0.2, -0.15) is 0 Å². The van der Waals surface area contributed by atoms with Gasteiger partial charge in [0.05, 0.1) is 34.5 Å². The number of aliphatic imine (C=N–C) groups is 1. The van der Waals surface area contributed by atoms with E-state index in [9.17, 15) is 0 Å². The van der Waals surface area contributed by atoms with E-state index in [1.165, 1.54) is 0 Å². The van der Waals surface area contributed by atoms with Crippen LogP contribution in [0, 0.1) is 5.92 Å². The molecule has 9 heteroatoms. The summed E-state index contributed by atoms with van der Waals surface area (Å²) < 4.78 is 21.9. The molecule has 0 aromatic heterocycles. The molecule has 32 heavy (non-hydrogen) atoms. The Kier molecular flexibility index (Phi) is 13.7. The summed E-state index contributed by atoms with van der Waals surface area (Å²) in [6.45, 7) is 9.70. The molecule has 0 aliphatic carbocycles. The van der Waals surface area contributed by atoms with Crippen LogP contribution in [-0.4, -0.2) is 84.7 Å². The van der Waals surface area contributed by atoms with Gasteiger partial charge < -0.3 is 29.6 Å². The maximum atomic E-state index is 5.55. The van der Waals surface area contributed by atoms with Gasteiger partial charge in [-0.3, -0.25) is 9.89 Å². The molecule has 0 saturated carbocycles. The molecule has 184 valence electrons. The van der Waals surface area contributed by atoms with Crippen molar-refractivity contribution in [3.63, 3.8) is 0 Å². The molecule has 2 rings (SSSR count). The van der Waals surface area contributed by atoms with Gasteiger partial charge in [-0.05, 0) is 18.8 Å². The van der Waals surface area contributed by atoms with Crippen LogP contribution < -0.4 is 24.8 Å². The maximum Gasteiger partial charge on any atom is 0.191 e. The lowest BCUT2D eigenvalue weighted by atomic mass is 10.0. The van der Waals surface area contributed by atoms with Crippen LogP contribution in [-0.2, 0) is 11.2 Å². The average Bonchev–Trinajstić information content (AvgIpc) is 2.80. The van der Waals surface area contributed by atoms with Crippen LogP contribution in [0.5, 0.6) is 17.2 Å². The third-order valence-corrected chi connectivity index (χ3v) is 5.52. The normalized spacial score (nSPS) is 15.7. The lowest BCUT2D eigenvalue weighted by Gasteiger charge is -2.35. The Bertz CT molecular complexity index is 672. The summed E-state index contributed by atoms with van der Waals surface area (Å²) in [4.78, 5) is 6.92. The molecule has 1 aliphatic heterocycles. The number of hydrogen-bond acceptors (Lipinski definition) is 6. The SMILES string of the molecule is CN=C(NCCc1c(OC)cc(OC)cc1OC)NCC(CC(C)C)N1CCOCC1.I. The largest absolute Gasteiger partial charge is 0.496 e. The topological polar surface area (TPSA) is 76.6 Å². The van der Waals surface area contributed by atoms with Crippen molar-refractivity contribution in [2.45, 2.75) is 32.7 Å². The zero-order valence-corrected chi connectivity index (χ0v) is 22.7. The molecule has 1 aliphatic rings. The van der Waals surface area contributed by atoms with Crippen molar-refractivity contribution in [3.05, 3.63) is 17.7 Å². The van der Waals surface area contributed by atoms with Gasteiger partial charge >= 0.3 is 0 Å². The molecule has 1 aromatic rings. The van der Waals surface area contributed by atoms with Crippen molar-refractivity contribution in [1.29, 1.82) is 0 Å². The lowest BCUT2D eigenvalue weighted by molar-refractivity contribution is 0.0132. The number of nitrogens with one attached hydrogen (secondary N) is 2. The first-order valence-corrected chi connectivity index (χ1v) is 11.1. The van der Waals surface area contributed by atoms with Crippen LogP contribution in [0.1, 0.15) is 25.8 Å². The van der Waals surface area contributed by atoms with Crippen LogP contribution in [0.4, 0.5) is 0 Å². The summed E-state index contributed by atoms with van der Waals surface area (Å²) in [5, 5.41) is 6.92. The predicted octanol–water partition coefficient (Wildman–Crippen LogP) is 2.78. The van der Waals surface area contributed by atoms with Gasteiger partial charge in [0.25, 0.3) is 0 Å². The summed E-state index contributed by atoms with van der Waals surface area (Å²) in [5.41, 5.74) is 1.000. The van der Waals surface area contributed by atoms with Gasteiger partial charge in [-0.25, -0.2) is 0 Å². The second kappa shape index (κ2) is 15.4. The van der Waals surface area contributed by atoms with E-state index in [1.807, 2.05) is 12.1 Å². The average molecular weight is 565 g/mol. The van der Waals surface area contributed by atoms with E-state index in [-0.39, 0.29) is 24.0 Å². The molecule has 2 N–H and O–H groups in total. The van der Waals surface area contributed by atoms with Crippen molar-refractivity contribution in [2.75, 3.05) is 67.8 Å². The minimum Gasteiger partial charge on any atom is -0.496 e. The minimum absolute atomic E-state index is 0. The van der Waals surface area contributed by atoms with Crippen LogP contribution >= 0.6 is 24.0 Å². The summed E-state index contributed by atoms with van der Waals surface area (Å²) >= 11 is 0. The zero-order chi connectivity index (χ0) is 22.6. The summed E-state index contributed by atoms with van der Waals surface area (Å²) in [5.74, 6) is 3.66. The molecule has 1 atom stereocenters. The molecule has 8 nitrogen and oxygen atoms in total. The number of hydrogen-bond donors (Lipinski definition) is 2. The molecule has 1 heterocycles. The Morgan fingerprint density at radius 3 is 2.19 bits per heavy atom. The minimum atomic E-state index is 0. The van der Waals surface area contributed by atoms with Gasteiger partial charge in [-0.1, -0.05) is 13.8 Å². The molecule has 0 bridgehead atoms. The molecule has 1 unspecified atom stereocenters. The van der Waals surface area contributed by atoms with Crippen molar-refractivity contribution >= 4 is 29.9 Å². The van der Waals surface area contributed by atoms with Crippen molar-refractivity contribution in [2.24, 2.45) is 10.9 Å². The Hall–Kier alpha value is -1.46. The van der Waals surface area contributed by atoms with Crippen molar-refractivity contribution in [1.82, 2.24) is 15.5 Å². The highest BCUT2D eigenvalue weighted by Crippen LogP contribution is 2.34. The smallest absolute Gasteiger partial charge is 0.191 e. The fraction of sp³-hybridized carbons (Fsp3) is 0.696. The molecule has 1 fully saturated rings. The third kappa shape index (κ3) is 8.82. The first-order chi connectivity index (χ1) is 15.0. The number of guanidine groups is 1. The number of morpholine rings is 1. The van der Waals surface area contributed by atoms with Gasteiger partial charge in [0.1, 0.15) is 17.2 Å². The fourth-order valence-corrected chi connectivity index (χ4v) is 3.91. The highest BCUT2D eigenvalue weighted by Gasteiger charge is 2.22. The predicted molar refractivity (Wildman–Crippen MR) is 140 cm³/mol. The van der Waals surface area contributed by atoms with Crippen LogP contribution in [0.2, 0.25) is 0 Å². The Morgan fingerprint density at radius 1 is 1.06 bits per heavy atom. The number of rotatable bonds is 11. The first kappa shape index (κ1) is 28.6. The second-order valence-corrected chi connectivity index (χ2v) is 8.07. The number of nitrogens with zero attached hydrogens (tertiary/aromatic N) is 2. The standard InChI is InChI=1S/C23H40N4O4.HI/c1-17(2)13-18(27-9-11-31-12-10-27)16-26-23(24-3)25-8-7-20-21(29-5)14-19(28-4)15-22(20)30-6;/h14-15,17-18H,7-13,16H2,1-6H3,(H2,24,25,26);1H. The van der Waals surface area contributed by atoms with Crippen molar-refractivity contribution < 1.29 is 18.9 Å². The molecule has 1 saturated heterocycles. The maximum absolute atomic E-state index is 5.55. The highest BCUT2D eigenvalue weighted by molar-refractivity contribution is 14.0. The molecule has 0 amide bonds. The number of benzene rings is 1. The van der Waals surface area contributed by atoms with Gasteiger partial charge in [0.2, 0.25) is 0 Å². The van der Waals surface area contributed by atoms with E-state index >= 15 is 0 Å². The van der Waals surface area contributed by atoms with E-state index in [4.69, 9.17) is 18.9 Å². The monoisotopic (exact) mass is 564 g/mol. The van der Waals surface area contributed by atoms with Crippen LogP contribution in [0.3, 0.4) is 0 Å². The number of ether oxygens (including phenoxy) is 4. The Morgan fingerprint density at radius 2 is 1.69 bits per heavy atom. The summed E-state index contributed by atoms with van der Waals surface area (Å²) in [6, 6.07) is 4.22. The molecule has 0 spiro atoms. The zero-order valence-electron chi connectivity index (χ0n) is 20.4. The van der Waals surface area contributed by atoms with E-state index in [1.54, 1.807) is 28.4 Å². The van der Waals surface area contributed by atoms with Crippen LogP contribution in [0.15, 0.2) is 17.1 Å². The van der Waals surface area contributed by atoms with Gasteiger partial charge in [0, 0.05) is 57.0 Å². The van der Waals surface area contributed by atoms with E-state index in [0.29, 0.717) is 24.3 Å². The second-order valence-electron chi connectivity index (χ2n) is 8.07. The molecule has 0 radical (unpaired) electrons. The highest BCUT2D eigenvalue weighted by atomic mass is 127.